The van der Waals surface area contributed by atoms with E-state index in [1.54, 1.807) is 10.9 Å². The fourth-order valence-electron chi connectivity index (χ4n) is 4.39. The summed E-state index contributed by atoms with van der Waals surface area (Å²) in [5.74, 6) is 0.200. The van der Waals surface area contributed by atoms with Crippen LogP contribution in [-0.2, 0) is 4.79 Å². The summed E-state index contributed by atoms with van der Waals surface area (Å²) < 4.78 is 1.78. The first-order chi connectivity index (χ1) is 16.3. The number of carbonyl (C=O) groups is 2. The predicted molar refractivity (Wildman–Crippen MR) is 136 cm³/mol. The summed E-state index contributed by atoms with van der Waals surface area (Å²) in [5, 5.41) is 7.95. The zero-order chi connectivity index (χ0) is 24.4. The van der Waals surface area contributed by atoms with Gasteiger partial charge in [0.05, 0.1) is 23.1 Å². The Bertz CT molecular complexity index is 1170. The first-order valence-electron chi connectivity index (χ1n) is 11.7. The first-order valence-corrected chi connectivity index (χ1v) is 12.9. The van der Waals surface area contributed by atoms with Crippen molar-refractivity contribution in [2.24, 2.45) is 0 Å². The fourth-order valence-corrected chi connectivity index (χ4v) is 5.31. The Balaban J connectivity index is 1.57. The second-order valence-corrected chi connectivity index (χ2v) is 10.2. The van der Waals surface area contributed by atoms with Gasteiger partial charge in [-0.05, 0) is 31.4 Å². The van der Waals surface area contributed by atoms with Gasteiger partial charge in [-0.15, -0.1) is 11.3 Å². The fraction of sp³-hybridized carbons (Fsp3) is 0.440. The number of amides is 2. The third kappa shape index (κ3) is 4.88. The van der Waals surface area contributed by atoms with Crippen molar-refractivity contribution < 1.29 is 9.59 Å². The molecule has 180 valence electrons. The molecule has 9 heteroatoms. The van der Waals surface area contributed by atoms with Gasteiger partial charge < -0.3 is 9.80 Å². The van der Waals surface area contributed by atoms with Crippen LogP contribution in [0.5, 0.6) is 0 Å². The highest BCUT2D eigenvalue weighted by molar-refractivity contribution is 7.12. The van der Waals surface area contributed by atoms with Gasteiger partial charge in [-0.2, -0.15) is 5.10 Å². The van der Waals surface area contributed by atoms with E-state index in [2.05, 4.69) is 18.9 Å². The van der Waals surface area contributed by atoms with Gasteiger partial charge in [0.15, 0.2) is 0 Å². The van der Waals surface area contributed by atoms with Gasteiger partial charge in [0.25, 0.3) is 5.91 Å². The quantitative estimate of drug-likeness (QED) is 0.464. The minimum atomic E-state index is -0.0427. The lowest BCUT2D eigenvalue weighted by Gasteiger charge is -2.40. The first kappa shape index (κ1) is 24.4. The summed E-state index contributed by atoms with van der Waals surface area (Å²) in [6, 6.07) is 7.56. The molecular weight excluding hydrogens is 470 g/mol. The molecule has 1 atom stereocenters. The van der Waals surface area contributed by atoms with E-state index in [0.29, 0.717) is 36.6 Å². The number of aromatic nitrogens is 3. The Morgan fingerprint density at radius 2 is 1.94 bits per heavy atom. The Morgan fingerprint density at radius 1 is 1.21 bits per heavy atom. The van der Waals surface area contributed by atoms with E-state index < -0.39 is 0 Å². The zero-order valence-corrected chi connectivity index (χ0v) is 21.6. The van der Waals surface area contributed by atoms with Crippen LogP contribution in [0.3, 0.4) is 0 Å². The lowest BCUT2D eigenvalue weighted by Crippen LogP contribution is -2.55. The van der Waals surface area contributed by atoms with Gasteiger partial charge in [0.1, 0.15) is 0 Å². The molecule has 0 spiro atoms. The van der Waals surface area contributed by atoms with Crippen LogP contribution in [0.25, 0.3) is 16.4 Å². The Kier molecular flexibility index (Phi) is 7.38. The summed E-state index contributed by atoms with van der Waals surface area (Å²) in [6.07, 6.45) is 3.03. The van der Waals surface area contributed by atoms with Crippen molar-refractivity contribution in [1.29, 1.82) is 0 Å². The molecule has 1 unspecified atom stereocenters. The van der Waals surface area contributed by atoms with Crippen molar-refractivity contribution in [1.82, 2.24) is 24.6 Å². The van der Waals surface area contributed by atoms with Crippen molar-refractivity contribution in [2.75, 3.05) is 19.6 Å². The van der Waals surface area contributed by atoms with Crippen LogP contribution < -0.4 is 0 Å². The lowest BCUT2D eigenvalue weighted by molar-refractivity contribution is -0.135. The van der Waals surface area contributed by atoms with Crippen molar-refractivity contribution >= 4 is 34.8 Å². The number of hydrogen-bond donors (Lipinski definition) is 0. The maximum atomic E-state index is 13.5. The molecule has 0 N–H and O–H groups in total. The number of halogens is 1. The zero-order valence-electron chi connectivity index (χ0n) is 20.0. The largest absolute Gasteiger partial charge is 0.336 e. The summed E-state index contributed by atoms with van der Waals surface area (Å²) in [4.78, 5) is 34.4. The minimum absolute atomic E-state index is 0.00445. The van der Waals surface area contributed by atoms with Gasteiger partial charge in [0.2, 0.25) is 11.0 Å². The molecule has 34 heavy (non-hydrogen) atoms. The molecule has 0 saturated carbocycles. The molecule has 1 saturated heterocycles. The van der Waals surface area contributed by atoms with Gasteiger partial charge in [-0.1, -0.05) is 44.5 Å². The molecule has 0 aliphatic carbocycles. The van der Waals surface area contributed by atoms with Crippen molar-refractivity contribution in [3.63, 3.8) is 0 Å². The third-order valence-corrected chi connectivity index (χ3v) is 7.16. The number of carbonyl (C=O) groups excluding carboxylic acids is 2. The van der Waals surface area contributed by atoms with Crippen LogP contribution in [0.15, 0.2) is 35.8 Å². The van der Waals surface area contributed by atoms with Gasteiger partial charge in [0, 0.05) is 48.1 Å². The van der Waals surface area contributed by atoms with Gasteiger partial charge in [-0.3, -0.25) is 9.59 Å². The molecule has 0 radical (unpaired) electrons. The van der Waals surface area contributed by atoms with E-state index in [1.165, 1.54) is 11.3 Å². The SMILES string of the molecule is CCCC(=O)N1CCN(C(=O)c2cnn(-c3nc(-c4ccc(Cl)cc4)cs3)c2C(C)C)CC1C. The maximum Gasteiger partial charge on any atom is 0.257 e. The molecule has 1 aliphatic rings. The second-order valence-electron chi connectivity index (χ2n) is 8.97. The Hall–Kier alpha value is -2.71. The summed E-state index contributed by atoms with van der Waals surface area (Å²) in [7, 11) is 0. The normalized spacial score (nSPS) is 16.4. The monoisotopic (exact) mass is 499 g/mol. The van der Waals surface area contributed by atoms with Crippen LogP contribution in [0.1, 0.15) is 62.5 Å². The third-order valence-electron chi connectivity index (χ3n) is 6.10. The van der Waals surface area contributed by atoms with E-state index in [9.17, 15) is 9.59 Å². The molecule has 1 fully saturated rings. The number of piperazine rings is 1. The molecule has 3 heterocycles. The molecule has 1 aliphatic heterocycles. The highest BCUT2D eigenvalue weighted by Crippen LogP contribution is 2.29. The average molecular weight is 500 g/mol. The van der Waals surface area contributed by atoms with Crippen molar-refractivity contribution in [3.8, 4) is 16.4 Å². The number of nitrogens with zero attached hydrogens (tertiary/aromatic N) is 5. The molecule has 1 aromatic carbocycles. The topological polar surface area (TPSA) is 71.3 Å². The minimum Gasteiger partial charge on any atom is -0.336 e. The molecule has 0 bridgehead atoms. The van der Waals surface area contributed by atoms with E-state index in [4.69, 9.17) is 16.6 Å². The maximum absolute atomic E-state index is 13.5. The number of benzene rings is 1. The van der Waals surface area contributed by atoms with Crippen molar-refractivity contribution in [3.05, 3.63) is 52.1 Å². The molecule has 2 amide bonds. The lowest BCUT2D eigenvalue weighted by atomic mass is 10.0. The van der Waals surface area contributed by atoms with E-state index in [-0.39, 0.29) is 23.8 Å². The van der Waals surface area contributed by atoms with Crippen molar-refractivity contribution in [2.45, 2.75) is 52.5 Å². The van der Waals surface area contributed by atoms with Crippen LogP contribution in [0.2, 0.25) is 5.02 Å². The molecule has 4 rings (SSSR count). The summed E-state index contributed by atoms with van der Waals surface area (Å²) >= 11 is 7.50. The Morgan fingerprint density at radius 3 is 2.59 bits per heavy atom. The number of thiazole rings is 1. The molecule has 7 nitrogen and oxygen atoms in total. The number of rotatable bonds is 6. The standard InChI is InChI=1S/C25H30ClN5O2S/c1-5-6-22(32)30-12-11-29(14-17(30)4)24(33)20-13-27-31(23(20)16(2)3)25-28-21(15-34-25)18-7-9-19(26)10-8-18/h7-10,13,15-17H,5-6,11-12,14H2,1-4H3. The number of hydrogen-bond acceptors (Lipinski definition) is 5. The Labute approximate surface area is 209 Å². The van der Waals surface area contributed by atoms with E-state index >= 15 is 0 Å². The van der Waals surface area contributed by atoms with E-state index in [0.717, 1.165) is 28.5 Å². The molecule has 2 aromatic heterocycles. The van der Waals surface area contributed by atoms with Crippen LogP contribution in [0.4, 0.5) is 0 Å². The van der Waals surface area contributed by atoms with E-state index in [1.807, 2.05) is 53.3 Å². The summed E-state index contributed by atoms with van der Waals surface area (Å²) in [6.45, 7) is 9.74. The average Bonchev–Trinajstić information content (AvgIpc) is 3.46. The van der Waals surface area contributed by atoms with Gasteiger partial charge >= 0.3 is 0 Å². The van der Waals surface area contributed by atoms with Crippen LogP contribution in [-0.4, -0.2) is 62.1 Å². The predicted octanol–water partition coefficient (Wildman–Crippen LogP) is 5.25. The van der Waals surface area contributed by atoms with Gasteiger partial charge in [-0.25, -0.2) is 9.67 Å². The molecular formula is C25H30ClN5O2S. The highest BCUT2D eigenvalue weighted by Gasteiger charge is 2.32. The van der Waals surface area contributed by atoms with Crippen LogP contribution >= 0.6 is 22.9 Å². The summed E-state index contributed by atoms with van der Waals surface area (Å²) in [5.41, 5.74) is 3.26. The second kappa shape index (κ2) is 10.3. The van der Waals surface area contributed by atoms with Crippen LogP contribution in [0, 0.1) is 0 Å². The smallest absolute Gasteiger partial charge is 0.257 e. The molecule has 3 aromatic rings. The highest BCUT2D eigenvalue weighted by atomic mass is 35.5.